The van der Waals surface area contributed by atoms with Crippen molar-refractivity contribution in [3.8, 4) is 0 Å². The second-order valence-electron chi connectivity index (χ2n) is 3.96. The Morgan fingerprint density at radius 3 is 1.50 bits per heavy atom. The van der Waals surface area contributed by atoms with E-state index in [2.05, 4.69) is 4.79 Å². The maximum atomic E-state index is 9.02. The van der Waals surface area contributed by atoms with E-state index in [1.54, 1.807) is 0 Å². The highest BCUT2D eigenvalue weighted by Gasteiger charge is 2.13. The van der Waals surface area contributed by atoms with Crippen molar-refractivity contribution in [2.75, 3.05) is 13.2 Å². The first-order chi connectivity index (χ1) is 9.83. The summed E-state index contributed by atoms with van der Waals surface area (Å²) in [7, 11) is 0. The lowest BCUT2D eigenvalue weighted by Gasteiger charge is -1.95. The lowest BCUT2D eigenvalue weighted by Crippen LogP contribution is -2.03. The molecule has 0 aliphatic rings. The summed E-state index contributed by atoms with van der Waals surface area (Å²) in [5, 5.41) is 0. The molecule has 0 bridgehead atoms. The van der Waals surface area contributed by atoms with Gasteiger partial charge in [-0.15, -0.1) is 0 Å². The molecule has 0 unspecified atom stereocenters. The van der Waals surface area contributed by atoms with E-state index in [1.165, 1.54) is 0 Å². The number of nitrogens with zero attached hydrogens (tertiary/aromatic N) is 2. The zero-order valence-electron chi connectivity index (χ0n) is 12.0. The van der Waals surface area contributed by atoms with Gasteiger partial charge in [0.05, 0.1) is 11.1 Å². The van der Waals surface area contributed by atoms with E-state index >= 15 is 0 Å². The van der Waals surface area contributed by atoms with Crippen molar-refractivity contribution in [3.63, 3.8) is 0 Å². The van der Waals surface area contributed by atoms with Crippen LogP contribution in [-0.2, 0) is 4.74 Å². The predicted molar refractivity (Wildman–Crippen MR) is 81.9 cm³/mol. The van der Waals surface area contributed by atoms with E-state index in [0.29, 0.717) is 5.71 Å². The molecule has 0 aliphatic heterocycles. The van der Waals surface area contributed by atoms with Crippen LogP contribution in [0.15, 0.2) is 60.7 Å². The van der Waals surface area contributed by atoms with Crippen molar-refractivity contribution < 1.29 is 9.53 Å². The number of hydrogen-bond acceptors (Lipinski definition) is 1. The van der Waals surface area contributed by atoms with Crippen molar-refractivity contribution >= 4 is 5.71 Å². The molecule has 20 heavy (non-hydrogen) atoms. The molecule has 2 aromatic rings. The van der Waals surface area contributed by atoms with Gasteiger partial charge in [-0.2, -0.15) is 4.79 Å². The fourth-order valence-corrected chi connectivity index (χ4v) is 1.68. The van der Waals surface area contributed by atoms with E-state index < -0.39 is 0 Å². The summed E-state index contributed by atoms with van der Waals surface area (Å²) in [5.74, 6) is 0. The van der Waals surface area contributed by atoms with Crippen molar-refractivity contribution in [2.24, 2.45) is 0 Å². The van der Waals surface area contributed by atoms with Gasteiger partial charge >= 0.3 is 5.71 Å². The zero-order valence-corrected chi connectivity index (χ0v) is 12.0. The molecule has 0 saturated heterocycles. The van der Waals surface area contributed by atoms with Gasteiger partial charge in [-0.05, 0) is 38.1 Å². The van der Waals surface area contributed by atoms with Crippen LogP contribution in [0.4, 0.5) is 0 Å². The van der Waals surface area contributed by atoms with Crippen molar-refractivity contribution in [3.05, 3.63) is 77.3 Å². The number of hydrogen-bond donors (Lipinski definition) is 0. The van der Waals surface area contributed by atoms with Gasteiger partial charge in [0.15, 0.2) is 0 Å². The molecule has 2 rings (SSSR count). The Morgan fingerprint density at radius 1 is 0.850 bits per heavy atom. The average molecular weight is 268 g/mol. The van der Waals surface area contributed by atoms with E-state index in [-0.39, 0.29) is 0 Å². The standard InChI is InChI=1S/C13H10N2.C4H10O/c14-15-13(11-7-3-1-4-8-11)12-9-5-2-6-10-12;1-3-5-4-2/h1-10H;3-4H2,1-2H3. The third kappa shape index (κ3) is 5.19. The molecule has 0 atom stereocenters. The Morgan fingerprint density at radius 2 is 1.25 bits per heavy atom. The Bertz CT molecular complexity index is 488. The average Bonchev–Trinajstić information content (AvgIpc) is 2.52. The van der Waals surface area contributed by atoms with Gasteiger partial charge in [0, 0.05) is 13.2 Å². The molecular formula is C17H20N2O. The third-order valence-corrected chi connectivity index (χ3v) is 2.60. The van der Waals surface area contributed by atoms with Gasteiger partial charge in [0.25, 0.3) is 0 Å². The third-order valence-electron chi connectivity index (χ3n) is 2.60. The molecule has 0 heterocycles. The normalized spacial score (nSPS) is 9.10. The Hall–Kier alpha value is -2.22. The van der Waals surface area contributed by atoms with Crippen LogP contribution in [0.3, 0.4) is 0 Å². The molecule has 0 N–H and O–H groups in total. The molecule has 2 aromatic carbocycles. The predicted octanol–water partition coefficient (Wildman–Crippen LogP) is 3.80. The van der Waals surface area contributed by atoms with E-state index in [9.17, 15) is 0 Å². The van der Waals surface area contributed by atoms with E-state index in [1.807, 2.05) is 74.5 Å². The van der Waals surface area contributed by atoms with Gasteiger partial charge in [-0.25, -0.2) is 0 Å². The molecule has 0 amide bonds. The Balaban J connectivity index is 0.000000347. The maximum Gasteiger partial charge on any atom is 0.329 e. The Kier molecular flexibility index (Phi) is 7.66. The molecule has 0 radical (unpaired) electrons. The first-order valence-electron chi connectivity index (χ1n) is 6.74. The molecule has 0 spiro atoms. The van der Waals surface area contributed by atoms with Gasteiger partial charge < -0.3 is 10.3 Å². The highest BCUT2D eigenvalue weighted by Crippen LogP contribution is 2.08. The second kappa shape index (κ2) is 9.68. The number of rotatable bonds is 4. The van der Waals surface area contributed by atoms with Crippen LogP contribution in [0, 0.1) is 0 Å². The largest absolute Gasteiger partial charge is 0.382 e. The van der Waals surface area contributed by atoms with Crippen molar-refractivity contribution in [2.45, 2.75) is 13.8 Å². The summed E-state index contributed by atoms with van der Waals surface area (Å²) >= 11 is 0. The lowest BCUT2D eigenvalue weighted by molar-refractivity contribution is -0.00279. The van der Waals surface area contributed by atoms with Gasteiger partial charge in [-0.1, -0.05) is 36.4 Å². The minimum Gasteiger partial charge on any atom is -0.382 e. The van der Waals surface area contributed by atoms with Gasteiger partial charge in [0.2, 0.25) is 0 Å². The zero-order chi connectivity index (χ0) is 14.6. The molecule has 104 valence electrons. The van der Waals surface area contributed by atoms with Crippen LogP contribution in [0.25, 0.3) is 5.53 Å². The SMILES string of the molecule is CCOCC.[N-]=[N+]=C(c1ccccc1)c1ccccc1. The summed E-state index contributed by atoms with van der Waals surface area (Å²) in [6.07, 6.45) is 0. The quantitative estimate of drug-likeness (QED) is 0.472. The van der Waals surface area contributed by atoms with Crippen LogP contribution in [-0.4, -0.2) is 23.7 Å². The minimum atomic E-state index is 0.594. The maximum absolute atomic E-state index is 9.02. The molecule has 3 nitrogen and oxygen atoms in total. The second-order valence-corrected chi connectivity index (χ2v) is 3.96. The topological polar surface area (TPSA) is 45.6 Å². The summed E-state index contributed by atoms with van der Waals surface area (Å²) in [4.78, 5) is 3.35. The fourth-order valence-electron chi connectivity index (χ4n) is 1.68. The smallest absolute Gasteiger partial charge is 0.329 e. The fraction of sp³-hybridized carbons (Fsp3) is 0.235. The molecular weight excluding hydrogens is 248 g/mol. The Labute approximate surface area is 120 Å². The lowest BCUT2D eigenvalue weighted by atomic mass is 10.0. The van der Waals surface area contributed by atoms with Crippen LogP contribution in [0.5, 0.6) is 0 Å². The van der Waals surface area contributed by atoms with Crippen molar-refractivity contribution in [1.29, 1.82) is 0 Å². The molecule has 0 aromatic heterocycles. The number of ether oxygens (including phenoxy) is 1. The molecule has 0 aliphatic carbocycles. The van der Waals surface area contributed by atoms with Crippen LogP contribution in [0.1, 0.15) is 25.0 Å². The highest BCUT2D eigenvalue weighted by atomic mass is 16.5. The van der Waals surface area contributed by atoms with Crippen LogP contribution >= 0.6 is 0 Å². The van der Waals surface area contributed by atoms with Crippen LogP contribution < -0.4 is 0 Å². The molecule has 3 heteroatoms. The highest BCUT2D eigenvalue weighted by molar-refractivity contribution is 6.09. The number of benzene rings is 2. The van der Waals surface area contributed by atoms with E-state index in [0.717, 1.165) is 24.3 Å². The monoisotopic (exact) mass is 268 g/mol. The first kappa shape index (κ1) is 15.8. The minimum absolute atomic E-state index is 0.594. The summed E-state index contributed by atoms with van der Waals surface area (Å²) < 4.78 is 4.83. The first-order valence-corrected chi connectivity index (χ1v) is 6.74. The summed E-state index contributed by atoms with van der Waals surface area (Å²) in [6, 6.07) is 19.2. The van der Waals surface area contributed by atoms with Gasteiger partial charge in [0.1, 0.15) is 0 Å². The molecule has 0 fully saturated rings. The molecule has 0 saturated carbocycles. The van der Waals surface area contributed by atoms with E-state index in [4.69, 9.17) is 10.3 Å². The van der Waals surface area contributed by atoms with Crippen LogP contribution in [0.2, 0.25) is 0 Å². The summed E-state index contributed by atoms with van der Waals surface area (Å²) in [5.41, 5.74) is 11.4. The van der Waals surface area contributed by atoms with Gasteiger partial charge in [-0.3, -0.25) is 0 Å². The summed E-state index contributed by atoms with van der Waals surface area (Å²) in [6.45, 7) is 5.67. The van der Waals surface area contributed by atoms with Crippen molar-refractivity contribution in [1.82, 2.24) is 0 Å².